The quantitative estimate of drug-likeness (QED) is 0.536. The molecule has 74 valence electrons. The molecule has 0 aliphatic carbocycles. The van der Waals surface area contributed by atoms with E-state index in [1.165, 1.54) is 6.26 Å². The summed E-state index contributed by atoms with van der Waals surface area (Å²) in [5.74, 6) is 3.00. The van der Waals surface area contributed by atoms with Gasteiger partial charge in [0, 0.05) is 0 Å². The summed E-state index contributed by atoms with van der Waals surface area (Å²) in [6.45, 7) is 6.48. The minimum Gasteiger partial charge on any atom is -0.429 e. The molecule has 1 aromatic rings. The van der Waals surface area contributed by atoms with Crippen LogP contribution in [0, 0.1) is 11.5 Å². The standard InChI is InChI=1S/C10H11BrO2Si/c1-14(2,3)5-4-8-6-9(11)10(12)13-7-8/h6-7H,1-3H3. The fourth-order valence-electron chi connectivity index (χ4n) is 0.728. The highest BCUT2D eigenvalue weighted by Crippen LogP contribution is 2.06. The number of halogens is 1. The Morgan fingerprint density at radius 3 is 2.57 bits per heavy atom. The van der Waals surface area contributed by atoms with Crippen LogP contribution < -0.4 is 5.63 Å². The Morgan fingerprint density at radius 1 is 1.43 bits per heavy atom. The zero-order chi connectivity index (χ0) is 10.8. The van der Waals surface area contributed by atoms with E-state index < -0.39 is 8.07 Å². The van der Waals surface area contributed by atoms with Gasteiger partial charge in [-0.2, -0.15) is 0 Å². The van der Waals surface area contributed by atoms with Crippen molar-refractivity contribution in [2.24, 2.45) is 0 Å². The summed E-state index contributed by atoms with van der Waals surface area (Å²) in [5.41, 5.74) is 3.55. The largest absolute Gasteiger partial charge is 0.429 e. The van der Waals surface area contributed by atoms with Gasteiger partial charge < -0.3 is 4.42 Å². The van der Waals surface area contributed by atoms with Gasteiger partial charge in [0.1, 0.15) is 18.8 Å². The lowest BCUT2D eigenvalue weighted by Gasteiger charge is -2.02. The van der Waals surface area contributed by atoms with Crippen molar-refractivity contribution in [2.75, 3.05) is 0 Å². The zero-order valence-corrected chi connectivity index (χ0v) is 10.9. The highest BCUT2D eigenvalue weighted by atomic mass is 79.9. The van der Waals surface area contributed by atoms with Crippen LogP contribution in [-0.4, -0.2) is 8.07 Å². The van der Waals surface area contributed by atoms with Crippen molar-refractivity contribution >= 4 is 24.0 Å². The van der Waals surface area contributed by atoms with Crippen molar-refractivity contribution < 1.29 is 4.42 Å². The molecule has 0 bridgehead atoms. The molecule has 0 aliphatic heterocycles. The van der Waals surface area contributed by atoms with Crippen molar-refractivity contribution in [3.63, 3.8) is 0 Å². The molecule has 0 radical (unpaired) electrons. The topological polar surface area (TPSA) is 30.2 Å². The van der Waals surface area contributed by atoms with Crippen LogP contribution in [0.1, 0.15) is 5.56 Å². The van der Waals surface area contributed by atoms with E-state index in [-0.39, 0.29) is 5.63 Å². The summed E-state index contributed by atoms with van der Waals surface area (Å²) in [4.78, 5) is 10.9. The van der Waals surface area contributed by atoms with Crippen LogP contribution in [0.4, 0.5) is 0 Å². The number of hydrogen-bond acceptors (Lipinski definition) is 2. The maximum absolute atomic E-state index is 10.9. The molecule has 4 heteroatoms. The van der Waals surface area contributed by atoms with Crippen LogP contribution in [0.5, 0.6) is 0 Å². The van der Waals surface area contributed by atoms with Gasteiger partial charge in [-0.1, -0.05) is 25.6 Å². The summed E-state index contributed by atoms with van der Waals surface area (Å²) >= 11 is 3.10. The average molecular weight is 271 g/mol. The molecule has 0 saturated heterocycles. The summed E-state index contributed by atoms with van der Waals surface area (Å²) in [6, 6.07) is 1.68. The maximum atomic E-state index is 10.9. The van der Waals surface area contributed by atoms with Gasteiger partial charge in [0.15, 0.2) is 0 Å². The van der Waals surface area contributed by atoms with E-state index in [0.717, 1.165) is 5.56 Å². The molecule has 1 heterocycles. The highest BCUT2D eigenvalue weighted by Gasteiger charge is 2.07. The van der Waals surface area contributed by atoms with Crippen LogP contribution in [0.3, 0.4) is 0 Å². The first-order chi connectivity index (χ1) is 6.38. The van der Waals surface area contributed by atoms with Gasteiger partial charge in [0.05, 0.1) is 5.56 Å². The van der Waals surface area contributed by atoms with Crippen LogP contribution in [0.15, 0.2) is 26.0 Å². The monoisotopic (exact) mass is 270 g/mol. The van der Waals surface area contributed by atoms with Crippen molar-refractivity contribution in [1.82, 2.24) is 0 Å². The molecule has 0 amide bonds. The van der Waals surface area contributed by atoms with Gasteiger partial charge in [-0.25, -0.2) is 4.79 Å². The number of rotatable bonds is 0. The number of hydrogen-bond donors (Lipinski definition) is 0. The summed E-state index contributed by atoms with van der Waals surface area (Å²) in [6.07, 6.45) is 1.39. The van der Waals surface area contributed by atoms with Crippen molar-refractivity contribution in [3.8, 4) is 11.5 Å². The average Bonchev–Trinajstić information content (AvgIpc) is 2.06. The second-order valence-electron chi connectivity index (χ2n) is 3.97. The third-order valence-electron chi connectivity index (χ3n) is 1.35. The molecular weight excluding hydrogens is 260 g/mol. The minimum atomic E-state index is -1.37. The molecule has 0 atom stereocenters. The SMILES string of the molecule is C[Si](C)(C)C#Cc1coc(=O)c(Br)c1. The van der Waals surface area contributed by atoms with E-state index in [2.05, 4.69) is 47.0 Å². The maximum Gasteiger partial charge on any atom is 0.350 e. The Kier molecular flexibility index (Phi) is 3.35. The minimum absolute atomic E-state index is 0.372. The van der Waals surface area contributed by atoms with E-state index >= 15 is 0 Å². The van der Waals surface area contributed by atoms with Gasteiger partial charge in [-0.3, -0.25) is 0 Å². The smallest absolute Gasteiger partial charge is 0.350 e. The Labute approximate surface area is 92.5 Å². The lowest BCUT2D eigenvalue weighted by Crippen LogP contribution is -2.16. The van der Waals surface area contributed by atoms with Gasteiger partial charge in [-0.15, -0.1) is 5.54 Å². The fourth-order valence-corrected chi connectivity index (χ4v) is 1.59. The van der Waals surface area contributed by atoms with Crippen LogP contribution in [-0.2, 0) is 0 Å². The lowest BCUT2D eigenvalue weighted by atomic mass is 10.3. The molecule has 0 spiro atoms. The first-order valence-electron chi connectivity index (χ1n) is 4.20. The van der Waals surface area contributed by atoms with Gasteiger partial charge in [-0.05, 0) is 22.0 Å². The molecule has 0 aliphatic rings. The van der Waals surface area contributed by atoms with Gasteiger partial charge >= 0.3 is 5.63 Å². The summed E-state index contributed by atoms with van der Waals surface area (Å²) in [7, 11) is -1.37. The third kappa shape index (κ3) is 3.52. The predicted octanol–water partition coefficient (Wildman–Crippen LogP) is 2.63. The van der Waals surface area contributed by atoms with E-state index in [4.69, 9.17) is 4.42 Å². The molecule has 0 aromatic carbocycles. The molecular formula is C10H11BrO2Si. The van der Waals surface area contributed by atoms with Crippen LogP contribution >= 0.6 is 15.9 Å². The first-order valence-corrected chi connectivity index (χ1v) is 8.49. The molecule has 0 N–H and O–H groups in total. The molecule has 0 fully saturated rings. The predicted molar refractivity (Wildman–Crippen MR) is 62.9 cm³/mol. The Hall–Kier alpha value is -0.793. The normalized spacial score (nSPS) is 10.6. The van der Waals surface area contributed by atoms with Gasteiger partial charge in [0.25, 0.3) is 0 Å². The third-order valence-corrected chi connectivity index (χ3v) is 2.78. The zero-order valence-electron chi connectivity index (χ0n) is 8.35. The Morgan fingerprint density at radius 2 is 2.07 bits per heavy atom. The van der Waals surface area contributed by atoms with E-state index in [1.54, 1.807) is 6.07 Å². The summed E-state index contributed by atoms with van der Waals surface area (Å²) in [5, 5.41) is 0. The second kappa shape index (κ2) is 4.16. The molecule has 1 aromatic heterocycles. The van der Waals surface area contributed by atoms with E-state index in [1.807, 2.05) is 0 Å². The molecule has 0 saturated carbocycles. The van der Waals surface area contributed by atoms with E-state index in [9.17, 15) is 4.79 Å². The van der Waals surface area contributed by atoms with Crippen molar-refractivity contribution in [2.45, 2.75) is 19.6 Å². The molecule has 0 unspecified atom stereocenters. The lowest BCUT2D eigenvalue weighted by molar-refractivity contribution is 0.505. The Bertz CT molecular complexity index is 446. The van der Waals surface area contributed by atoms with Gasteiger partial charge in [0.2, 0.25) is 0 Å². The molecule has 1 rings (SSSR count). The summed E-state index contributed by atoms with van der Waals surface area (Å²) < 4.78 is 5.18. The molecule has 14 heavy (non-hydrogen) atoms. The highest BCUT2D eigenvalue weighted by molar-refractivity contribution is 9.10. The van der Waals surface area contributed by atoms with E-state index in [0.29, 0.717) is 4.47 Å². The fraction of sp³-hybridized carbons (Fsp3) is 0.300. The second-order valence-corrected chi connectivity index (χ2v) is 9.58. The van der Waals surface area contributed by atoms with Crippen molar-refractivity contribution in [3.05, 3.63) is 32.8 Å². The van der Waals surface area contributed by atoms with Crippen LogP contribution in [0.25, 0.3) is 0 Å². The molecule has 2 nitrogen and oxygen atoms in total. The Balaban J connectivity index is 3.04. The first kappa shape index (κ1) is 11.3. The van der Waals surface area contributed by atoms with Crippen LogP contribution in [0.2, 0.25) is 19.6 Å². The van der Waals surface area contributed by atoms with Crippen molar-refractivity contribution in [1.29, 1.82) is 0 Å².